The number of ether oxygens (including phenoxy) is 2. The van der Waals surface area contributed by atoms with E-state index in [-0.39, 0.29) is 5.91 Å². The Kier molecular flexibility index (Phi) is 4.30. The number of hydrogen-bond donors (Lipinski definition) is 1. The van der Waals surface area contributed by atoms with Crippen LogP contribution in [0.1, 0.15) is 21.7 Å². The van der Waals surface area contributed by atoms with Gasteiger partial charge in [-0.25, -0.2) is 0 Å². The molecule has 5 nitrogen and oxygen atoms in total. The van der Waals surface area contributed by atoms with E-state index in [2.05, 4.69) is 5.32 Å². The zero-order chi connectivity index (χ0) is 14.5. The van der Waals surface area contributed by atoms with Crippen molar-refractivity contribution in [1.82, 2.24) is 5.32 Å². The van der Waals surface area contributed by atoms with Crippen LogP contribution < -0.4 is 14.8 Å². The van der Waals surface area contributed by atoms with Crippen molar-refractivity contribution in [3.05, 3.63) is 47.4 Å². The Morgan fingerprint density at radius 2 is 2.05 bits per heavy atom. The monoisotopic (exact) mass is 275 g/mol. The van der Waals surface area contributed by atoms with Crippen molar-refractivity contribution in [3.8, 4) is 11.5 Å². The molecule has 2 rings (SSSR count). The van der Waals surface area contributed by atoms with Crippen LogP contribution in [0.3, 0.4) is 0 Å². The summed E-state index contributed by atoms with van der Waals surface area (Å²) < 4.78 is 15.5. The molecule has 2 aromatic rings. The summed E-state index contributed by atoms with van der Waals surface area (Å²) in [6.07, 6.45) is 1.50. The van der Waals surface area contributed by atoms with Crippen LogP contribution in [0.15, 0.2) is 34.9 Å². The van der Waals surface area contributed by atoms with Gasteiger partial charge in [0.15, 0.2) is 0 Å². The third-order valence-electron chi connectivity index (χ3n) is 3.03. The average molecular weight is 275 g/mol. The zero-order valence-corrected chi connectivity index (χ0v) is 11.7. The Hall–Kier alpha value is -2.43. The predicted molar refractivity (Wildman–Crippen MR) is 74.2 cm³/mol. The third-order valence-corrected chi connectivity index (χ3v) is 3.03. The fourth-order valence-electron chi connectivity index (χ4n) is 1.91. The van der Waals surface area contributed by atoms with E-state index >= 15 is 0 Å². The number of carbonyl (C=O) groups is 1. The van der Waals surface area contributed by atoms with Crippen molar-refractivity contribution in [2.75, 3.05) is 14.2 Å². The second-order valence-corrected chi connectivity index (χ2v) is 4.25. The molecule has 20 heavy (non-hydrogen) atoms. The minimum Gasteiger partial charge on any atom is -0.497 e. The quantitative estimate of drug-likeness (QED) is 0.911. The maximum Gasteiger partial charge on any atom is 0.255 e. The minimum absolute atomic E-state index is 0.180. The molecular formula is C15H17NO4. The first-order valence-corrected chi connectivity index (χ1v) is 6.19. The van der Waals surface area contributed by atoms with Gasteiger partial charge in [-0.2, -0.15) is 0 Å². The normalized spacial score (nSPS) is 10.2. The van der Waals surface area contributed by atoms with E-state index in [1.165, 1.54) is 6.26 Å². The number of benzene rings is 1. The van der Waals surface area contributed by atoms with E-state index in [4.69, 9.17) is 13.9 Å². The highest BCUT2D eigenvalue weighted by Crippen LogP contribution is 2.23. The lowest BCUT2D eigenvalue weighted by atomic mass is 10.1. The molecule has 0 unspecified atom stereocenters. The molecule has 0 radical (unpaired) electrons. The molecule has 0 aliphatic carbocycles. The largest absolute Gasteiger partial charge is 0.497 e. The van der Waals surface area contributed by atoms with Gasteiger partial charge < -0.3 is 19.2 Å². The Balaban J connectivity index is 2.10. The van der Waals surface area contributed by atoms with Gasteiger partial charge in [0.2, 0.25) is 0 Å². The van der Waals surface area contributed by atoms with Gasteiger partial charge in [-0.1, -0.05) is 0 Å². The molecule has 1 amide bonds. The summed E-state index contributed by atoms with van der Waals surface area (Å²) in [6, 6.07) is 7.10. The van der Waals surface area contributed by atoms with Crippen LogP contribution in [0.4, 0.5) is 0 Å². The molecule has 0 bridgehead atoms. The topological polar surface area (TPSA) is 60.7 Å². The van der Waals surface area contributed by atoms with Crippen LogP contribution in [-0.2, 0) is 6.54 Å². The molecule has 106 valence electrons. The fraction of sp³-hybridized carbons (Fsp3) is 0.267. The van der Waals surface area contributed by atoms with E-state index in [1.54, 1.807) is 27.2 Å². The van der Waals surface area contributed by atoms with Gasteiger partial charge in [-0.05, 0) is 31.2 Å². The number of rotatable bonds is 5. The molecule has 0 atom stereocenters. The summed E-state index contributed by atoms with van der Waals surface area (Å²) >= 11 is 0. The summed E-state index contributed by atoms with van der Waals surface area (Å²) in [4.78, 5) is 12.0. The number of carbonyl (C=O) groups excluding carboxylic acids is 1. The van der Waals surface area contributed by atoms with Gasteiger partial charge in [0, 0.05) is 12.1 Å². The fourth-order valence-corrected chi connectivity index (χ4v) is 1.91. The van der Waals surface area contributed by atoms with Crippen molar-refractivity contribution in [2.45, 2.75) is 13.5 Å². The lowest BCUT2D eigenvalue weighted by molar-refractivity contribution is 0.0949. The molecule has 1 N–H and O–H groups in total. The van der Waals surface area contributed by atoms with Crippen molar-refractivity contribution in [3.63, 3.8) is 0 Å². The van der Waals surface area contributed by atoms with Crippen molar-refractivity contribution in [1.29, 1.82) is 0 Å². The highest BCUT2D eigenvalue weighted by molar-refractivity contribution is 5.95. The smallest absolute Gasteiger partial charge is 0.255 e. The summed E-state index contributed by atoms with van der Waals surface area (Å²) in [7, 11) is 3.19. The number of nitrogens with one attached hydrogen (secondary N) is 1. The standard InChI is InChI=1S/C15H17NO4/c1-10-13(6-7-20-10)15(17)16-9-11-8-12(18-2)4-5-14(11)19-3/h4-8H,9H2,1-3H3,(H,16,17). The van der Waals surface area contributed by atoms with E-state index in [1.807, 2.05) is 18.2 Å². The molecular weight excluding hydrogens is 258 g/mol. The van der Waals surface area contributed by atoms with Crippen molar-refractivity contribution < 1.29 is 18.7 Å². The summed E-state index contributed by atoms with van der Waals surface area (Å²) in [6.45, 7) is 2.10. The van der Waals surface area contributed by atoms with Crippen molar-refractivity contribution in [2.24, 2.45) is 0 Å². The van der Waals surface area contributed by atoms with Gasteiger partial charge in [-0.15, -0.1) is 0 Å². The van der Waals surface area contributed by atoms with Crippen LogP contribution in [0.25, 0.3) is 0 Å². The van der Waals surface area contributed by atoms with Crippen LogP contribution in [0.2, 0.25) is 0 Å². The molecule has 0 saturated carbocycles. The molecule has 1 aromatic heterocycles. The van der Waals surface area contributed by atoms with Gasteiger partial charge in [0.05, 0.1) is 26.0 Å². The molecule has 1 aromatic carbocycles. The molecule has 0 saturated heterocycles. The summed E-state index contributed by atoms with van der Waals surface area (Å²) in [5.74, 6) is 1.84. The Bertz CT molecular complexity index is 604. The first-order valence-electron chi connectivity index (χ1n) is 6.19. The van der Waals surface area contributed by atoms with E-state index in [0.29, 0.717) is 23.6 Å². The lowest BCUT2D eigenvalue weighted by Gasteiger charge is -2.11. The van der Waals surface area contributed by atoms with Gasteiger partial charge in [0.25, 0.3) is 5.91 Å². The third kappa shape index (κ3) is 2.93. The van der Waals surface area contributed by atoms with Crippen LogP contribution in [0.5, 0.6) is 11.5 Å². The summed E-state index contributed by atoms with van der Waals surface area (Å²) in [5, 5.41) is 2.83. The number of amides is 1. The second-order valence-electron chi connectivity index (χ2n) is 4.25. The first-order chi connectivity index (χ1) is 9.65. The Morgan fingerprint density at radius 1 is 1.25 bits per heavy atom. The van der Waals surface area contributed by atoms with Crippen LogP contribution in [0, 0.1) is 6.92 Å². The average Bonchev–Trinajstić information content (AvgIpc) is 2.90. The summed E-state index contributed by atoms with van der Waals surface area (Å²) in [5.41, 5.74) is 1.38. The lowest BCUT2D eigenvalue weighted by Crippen LogP contribution is -2.23. The predicted octanol–water partition coefficient (Wildman–Crippen LogP) is 2.54. The molecule has 0 spiro atoms. The SMILES string of the molecule is COc1ccc(OC)c(CNC(=O)c2ccoc2C)c1. The molecule has 1 heterocycles. The van der Waals surface area contributed by atoms with Gasteiger partial charge >= 0.3 is 0 Å². The maximum atomic E-state index is 12.0. The zero-order valence-electron chi connectivity index (χ0n) is 11.7. The highest BCUT2D eigenvalue weighted by Gasteiger charge is 2.12. The molecule has 0 aliphatic heterocycles. The number of furan rings is 1. The first kappa shape index (κ1) is 14.0. The highest BCUT2D eigenvalue weighted by atomic mass is 16.5. The van der Waals surface area contributed by atoms with E-state index in [0.717, 1.165) is 11.3 Å². The minimum atomic E-state index is -0.180. The maximum absolute atomic E-state index is 12.0. The van der Waals surface area contributed by atoms with Gasteiger partial charge in [-0.3, -0.25) is 4.79 Å². The van der Waals surface area contributed by atoms with E-state index < -0.39 is 0 Å². The van der Waals surface area contributed by atoms with Gasteiger partial charge in [0.1, 0.15) is 17.3 Å². The number of aryl methyl sites for hydroxylation is 1. The number of hydrogen-bond acceptors (Lipinski definition) is 4. The molecule has 0 fully saturated rings. The van der Waals surface area contributed by atoms with Crippen molar-refractivity contribution >= 4 is 5.91 Å². The van der Waals surface area contributed by atoms with E-state index in [9.17, 15) is 4.79 Å². The van der Waals surface area contributed by atoms with Crippen LogP contribution >= 0.6 is 0 Å². The number of methoxy groups -OCH3 is 2. The Labute approximate surface area is 117 Å². The molecule has 0 aliphatic rings. The van der Waals surface area contributed by atoms with Crippen LogP contribution in [-0.4, -0.2) is 20.1 Å². The Morgan fingerprint density at radius 3 is 2.65 bits per heavy atom. The second kappa shape index (κ2) is 6.14. The molecule has 5 heteroatoms.